The number of rotatable bonds is 3. The van der Waals surface area contributed by atoms with Gasteiger partial charge in [0.1, 0.15) is 0 Å². The minimum Gasteiger partial charge on any atom is -0.348 e. The van der Waals surface area contributed by atoms with E-state index in [4.69, 9.17) is 9.47 Å². The molecule has 1 atom stereocenters. The van der Waals surface area contributed by atoms with Gasteiger partial charge in [-0.05, 0) is 39.5 Å². The van der Waals surface area contributed by atoms with Gasteiger partial charge in [-0.25, -0.2) is 0 Å². The maximum atomic E-state index is 12.5. The molecule has 0 aromatic rings. The molecule has 1 saturated heterocycles. The number of alkyl halides is 3. The van der Waals surface area contributed by atoms with Crippen molar-refractivity contribution in [2.24, 2.45) is 5.92 Å². The largest absolute Gasteiger partial charge is 0.391 e. The molecule has 0 spiro atoms. The molecule has 0 bridgehead atoms. The van der Waals surface area contributed by atoms with E-state index in [2.05, 4.69) is 5.32 Å². The van der Waals surface area contributed by atoms with Crippen molar-refractivity contribution in [2.45, 2.75) is 63.6 Å². The summed E-state index contributed by atoms with van der Waals surface area (Å²) in [4.78, 5) is 0. The molecule has 112 valence electrons. The first-order chi connectivity index (χ1) is 8.76. The standard InChI is InChI=1S/C13H22F3NO2/c1-12(2)18-8-11(19-12)7-17-10-5-3-9(4-6-10)13(14,15)16/h9-11,17H,3-8H2,1-2H3. The Hall–Kier alpha value is -0.330. The quantitative estimate of drug-likeness (QED) is 0.863. The molecule has 1 aliphatic heterocycles. The molecule has 0 amide bonds. The molecular weight excluding hydrogens is 259 g/mol. The van der Waals surface area contributed by atoms with E-state index in [1.165, 1.54) is 0 Å². The van der Waals surface area contributed by atoms with Gasteiger partial charge in [-0.1, -0.05) is 0 Å². The van der Waals surface area contributed by atoms with E-state index in [0.29, 0.717) is 26.0 Å². The first kappa shape index (κ1) is 15.1. The van der Waals surface area contributed by atoms with E-state index < -0.39 is 17.9 Å². The van der Waals surface area contributed by atoms with Crippen LogP contribution in [0.1, 0.15) is 39.5 Å². The van der Waals surface area contributed by atoms with E-state index in [9.17, 15) is 13.2 Å². The lowest BCUT2D eigenvalue weighted by Crippen LogP contribution is -2.41. The zero-order valence-electron chi connectivity index (χ0n) is 11.4. The Bertz CT molecular complexity index is 299. The lowest BCUT2D eigenvalue weighted by atomic mass is 9.85. The van der Waals surface area contributed by atoms with Gasteiger partial charge in [-0.15, -0.1) is 0 Å². The molecule has 1 aliphatic carbocycles. The smallest absolute Gasteiger partial charge is 0.348 e. The average Bonchev–Trinajstić information content (AvgIpc) is 2.66. The van der Waals surface area contributed by atoms with Crippen molar-refractivity contribution in [3.05, 3.63) is 0 Å². The summed E-state index contributed by atoms with van der Waals surface area (Å²) in [7, 11) is 0. The number of hydrogen-bond donors (Lipinski definition) is 1. The highest BCUT2D eigenvalue weighted by atomic mass is 19.4. The van der Waals surface area contributed by atoms with Crippen LogP contribution in [0, 0.1) is 5.92 Å². The van der Waals surface area contributed by atoms with Crippen molar-refractivity contribution in [3.8, 4) is 0 Å². The molecule has 1 unspecified atom stereocenters. The number of nitrogens with one attached hydrogen (secondary N) is 1. The van der Waals surface area contributed by atoms with Gasteiger partial charge < -0.3 is 14.8 Å². The van der Waals surface area contributed by atoms with Crippen LogP contribution in [0.15, 0.2) is 0 Å². The fraction of sp³-hybridized carbons (Fsp3) is 1.00. The summed E-state index contributed by atoms with van der Waals surface area (Å²) < 4.78 is 48.7. The summed E-state index contributed by atoms with van der Waals surface area (Å²) in [5.41, 5.74) is 0. The van der Waals surface area contributed by atoms with Crippen molar-refractivity contribution in [2.75, 3.05) is 13.2 Å². The molecule has 0 aromatic carbocycles. The van der Waals surface area contributed by atoms with Crippen LogP contribution < -0.4 is 5.32 Å². The van der Waals surface area contributed by atoms with Crippen LogP contribution in [0.5, 0.6) is 0 Å². The van der Waals surface area contributed by atoms with E-state index in [-0.39, 0.29) is 25.0 Å². The van der Waals surface area contributed by atoms with Gasteiger partial charge in [0.05, 0.1) is 18.6 Å². The normalized spacial score (nSPS) is 35.5. The second-order valence-corrected chi connectivity index (χ2v) is 5.95. The van der Waals surface area contributed by atoms with Crippen molar-refractivity contribution in [3.63, 3.8) is 0 Å². The molecule has 2 fully saturated rings. The van der Waals surface area contributed by atoms with Crippen LogP contribution in [0.3, 0.4) is 0 Å². The summed E-state index contributed by atoms with van der Waals surface area (Å²) in [6.07, 6.45) is -2.40. The fourth-order valence-corrected chi connectivity index (χ4v) is 2.79. The Kier molecular flexibility index (Phi) is 4.42. The summed E-state index contributed by atoms with van der Waals surface area (Å²) in [6.45, 7) is 4.91. The average molecular weight is 281 g/mol. The lowest BCUT2D eigenvalue weighted by molar-refractivity contribution is -0.182. The Morgan fingerprint density at radius 1 is 1.16 bits per heavy atom. The van der Waals surface area contributed by atoms with Gasteiger partial charge in [0.25, 0.3) is 0 Å². The molecule has 0 radical (unpaired) electrons. The Labute approximate surface area is 111 Å². The maximum absolute atomic E-state index is 12.5. The third-order valence-corrected chi connectivity index (χ3v) is 3.89. The Balaban J connectivity index is 1.67. The van der Waals surface area contributed by atoms with E-state index in [1.807, 2.05) is 13.8 Å². The molecular formula is C13H22F3NO2. The molecule has 1 saturated carbocycles. The van der Waals surface area contributed by atoms with E-state index in [0.717, 1.165) is 0 Å². The minimum absolute atomic E-state index is 0.00432. The van der Waals surface area contributed by atoms with Gasteiger partial charge in [0.2, 0.25) is 0 Å². The van der Waals surface area contributed by atoms with Crippen LogP contribution in [0.2, 0.25) is 0 Å². The Morgan fingerprint density at radius 3 is 2.26 bits per heavy atom. The SMILES string of the molecule is CC1(C)OCC(CNC2CCC(C(F)(F)F)CC2)O1. The monoisotopic (exact) mass is 281 g/mol. The highest BCUT2D eigenvalue weighted by Gasteiger charge is 2.41. The van der Waals surface area contributed by atoms with Gasteiger partial charge >= 0.3 is 6.18 Å². The van der Waals surface area contributed by atoms with Crippen molar-refractivity contribution in [1.29, 1.82) is 0 Å². The molecule has 2 rings (SSSR count). The topological polar surface area (TPSA) is 30.5 Å². The van der Waals surface area contributed by atoms with Crippen molar-refractivity contribution < 1.29 is 22.6 Å². The molecule has 1 heterocycles. The number of hydrogen-bond acceptors (Lipinski definition) is 3. The summed E-state index contributed by atoms with van der Waals surface area (Å²) >= 11 is 0. The third-order valence-electron chi connectivity index (χ3n) is 3.89. The van der Waals surface area contributed by atoms with Gasteiger partial charge in [0.15, 0.2) is 5.79 Å². The molecule has 2 aliphatic rings. The summed E-state index contributed by atoms with van der Waals surface area (Å²) in [5.74, 6) is -1.66. The summed E-state index contributed by atoms with van der Waals surface area (Å²) in [5, 5.41) is 3.30. The molecule has 6 heteroatoms. The molecule has 19 heavy (non-hydrogen) atoms. The van der Waals surface area contributed by atoms with Gasteiger partial charge in [-0.2, -0.15) is 13.2 Å². The van der Waals surface area contributed by atoms with Gasteiger partial charge in [0, 0.05) is 12.6 Å². The second kappa shape index (κ2) is 5.58. The fourth-order valence-electron chi connectivity index (χ4n) is 2.79. The van der Waals surface area contributed by atoms with Crippen LogP contribution in [-0.4, -0.2) is 37.3 Å². The third kappa shape index (κ3) is 4.33. The second-order valence-electron chi connectivity index (χ2n) is 5.95. The van der Waals surface area contributed by atoms with Crippen LogP contribution in [0.4, 0.5) is 13.2 Å². The summed E-state index contributed by atoms with van der Waals surface area (Å²) in [6, 6.07) is 0.172. The number of ether oxygens (including phenoxy) is 2. The van der Waals surface area contributed by atoms with Crippen LogP contribution >= 0.6 is 0 Å². The predicted octanol–water partition coefficient (Wildman–Crippen LogP) is 2.85. The zero-order chi connectivity index (χ0) is 14.1. The van der Waals surface area contributed by atoms with Gasteiger partial charge in [-0.3, -0.25) is 0 Å². The zero-order valence-corrected chi connectivity index (χ0v) is 11.4. The van der Waals surface area contributed by atoms with Crippen molar-refractivity contribution in [1.82, 2.24) is 5.32 Å². The first-order valence-corrected chi connectivity index (χ1v) is 6.88. The van der Waals surface area contributed by atoms with Crippen LogP contribution in [0.25, 0.3) is 0 Å². The van der Waals surface area contributed by atoms with E-state index in [1.54, 1.807) is 0 Å². The lowest BCUT2D eigenvalue weighted by Gasteiger charge is -2.31. The predicted molar refractivity (Wildman–Crippen MR) is 64.7 cm³/mol. The minimum atomic E-state index is -4.03. The number of halogens is 3. The first-order valence-electron chi connectivity index (χ1n) is 6.88. The highest BCUT2D eigenvalue weighted by Crippen LogP contribution is 2.37. The Morgan fingerprint density at radius 2 is 1.79 bits per heavy atom. The highest BCUT2D eigenvalue weighted by molar-refractivity contribution is 4.82. The molecule has 3 nitrogen and oxygen atoms in total. The molecule has 0 aromatic heterocycles. The maximum Gasteiger partial charge on any atom is 0.391 e. The van der Waals surface area contributed by atoms with Crippen molar-refractivity contribution >= 4 is 0 Å². The van der Waals surface area contributed by atoms with E-state index >= 15 is 0 Å². The molecule has 1 N–H and O–H groups in total. The van der Waals surface area contributed by atoms with Crippen LogP contribution in [-0.2, 0) is 9.47 Å².